The van der Waals surface area contributed by atoms with Crippen LogP contribution in [0.15, 0.2) is 54.6 Å². The number of nitro benzene ring substituents is 1. The van der Waals surface area contributed by atoms with Crippen molar-refractivity contribution in [2.75, 3.05) is 11.9 Å². The Morgan fingerprint density at radius 2 is 1.76 bits per heavy atom. The Balaban J connectivity index is 1.90. The van der Waals surface area contributed by atoms with Crippen molar-refractivity contribution in [2.45, 2.75) is 18.9 Å². The van der Waals surface area contributed by atoms with Crippen LogP contribution in [0, 0.1) is 10.1 Å². The van der Waals surface area contributed by atoms with Crippen molar-refractivity contribution in [3.05, 3.63) is 70.3 Å². The fourth-order valence-corrected chi connectivity index (χ4v) is 2.09. The van der Waals surface area contributed by atoms with Crippen molar-refractivity contribution in [3.8, 4) is 0 Å². The van der Waals surface area contributed by atoms with Gasteiger partial charge in [0, 0.05) is 24.4 Å². The summed E-state index contributed by atoms with van der Waals surface area (Å²) in [5.41, 5.74) is 0.825. The molecule has 2 N–H and O–H groups in total. The molecule has 2 aromatic rings. The first kappa shape index (κ1) is 15.0. The molecule has 0 fully saturated rings. The summed E-state index contributed by atoms with van der Waals surface area (Å²) in [6, 6.07) is 15.7. The lowest BCUT2D eigenvalue weighted by molar-refractivity contribution is -0.384. The Kier molecular flexibility index (Phi) is 4.55. The predicted octanol–water partition coefficient (Wildman–Crippen LogP) is 3.30. The average molecular weight is 286 g/mol. The highest BCUT2D eigenvalue weighted by Gasteiger charge is 2.21. The summed E-state index contributed by atoms with van der Waals surface area (Å²) in [5, 5.41) is 24.2. The van der Waals surface area contributed by atoms with E-state index in [1.807, 2.05) is 30.3 Å². The second kappa shape index (κ2) is 6.37. The summed E-state index contributed by atoms with van der Waals surface area (Å²) < 4.78 is 0. The van der Waals surface area contributed by atoms with Crippen molar-refractivity contribution in [1.82, 2.24) is 0 Å². The number of hydrogen-bond donors (Lipinski definition) is 2. The fraction of sp³-hybridized carbons (Fsp3) is 0.250. The van der Waals surface area contributed by atoms with Gasteiger partial charge in [0.25, 0.3) is 5.69 Å². The molecule has 0 amide bonds. The number of anilines is 1. The highest BCUT2D eigenvalue weighted by atomic mass is 16.6. The van der Waals surface area contributed by atoms with E-state index in [4.69, 9.17) is 0 Å². The number of rotatable bonds is 6. The van der Waals surface area contributed by atoms with Crippen molar-refractivity contribution < 1.29 is 10.0 Å². The van der Waals surface area contributed by atoms with Crippen LogP contribution in [-0.4, -0.2) is 16.6 Å². The van der Waals surface area contributed by atoms with Crippen LogP contribution in [0.1, 0.15) is 18.9 Å². The SMILES string of the molecule is CC(O)(CCNc1ccc([N+](=O)[O-])cc1)c1ccccc1. The van der Waals surface area contributed by atoms with Crippen molar-refractivity contribution in [3.63, 3.8) is 0 Å². The predicted molar refractivity (Wildman–Crippen MR) is 82.2 cm³/mol. The maximum Gasteiger partial charge on any atom is 0.269 e. The molecule has 0 spiro atoms. The lowest BCUT2D eigenvalue weighted by Crippen LogP contribution is -2.24. The van der Waals surface area contributed by atoms with Crippen molar-refractivity contribution in [1.29, 1.82) is 0 Å². The number of aliphatic hydroxyl groups is 1. The number of nitrogens with one attached hydrogen (secondary N) is 1. The summed E-state index contributed by atoms with van der Waals surface area (Å²) in [7, 11) is 0. The van der Waals surface area contributed by atoms with Gasteiger partial charge in [-0.25, -0.2) is 0 Å². The minimum atomic E-state index is -0.908. The summed E-state index contributed by atoms with van der Waals surface area (Å²) in [4.78, 5) is 10.1. The number of nitrogens with zero attached hydrogens (tertiary/aromatic N) is 1. The summed E-state index contributed by atoms with van der Waals surface area (Å²) in [6.45, 7) is 2.35. The molecular formula is C16H18N2O3. The molecule has 2 aromatic carbocycles. The van der Waals surface area contributed by atoms with Gasteiger partial charge in [0.1, 0.15) is 0 Å². The van der Waals surface area contributed by atoms with Gasteiger partial charge in [0.2, 0.25) is 0 Å². The van der Waals surface area contributed by atoms with E-state index in [1.54, 1.807) is 19.1 Å². The fourth-order valence-electron chi connectivity index (χ4n) is 2.09. The first-order valence-electron chi connectivity index (χ1n) is 6.75. The first-order chi connectivity index (χ1) is 9.99. The van der Waals surface area contributed by atoms with Crippen LogP contribution in [0.5, 0.6) is 0 Å². The van der Waals surface area contributed by atoms with Gasteiger partial charge >= 0.3 is 0 Å². The summed E-state index contributed by atoms with van der Waals surface area (Å²) in [6.07, 6.45) is 0.536. The Morgan fingerprint density at radius 3 is 2.33 bits per heavy atom. The Labute approximate surface area is 123 Å². The Morgan fingerprint density at radius 1 is 1.14 bits per heavy atom. The van der Waals surface area contributed by atoms with Gasteiger partial charge in [-0.05, 0) is 31.0 Å². The molecule has 0 aliphatic rings. The molecule has 5 heteroatoms. The minimum Gasteiger partial charge on any atom is -0.385 e. The third-order valence-electron chi connectivity index (χ3n) is 3.41. The first-order valence-corrected chi connectivity index (χ1v) is 6.75. The maximum atomic E-state index is 10.6. The molecule has 1 atom stereocenters. The van der Waals surface area contributed by atoms with E-state index >= 15 is 0 Å². The normalized spacial score (nSPS) is 13.4. The van der Waals surface area contributed by atoms with Crippen LogP contribution in [0.2, 0.25) is 0 Å². The number of non-ortho nitro benzene ring substituents is 1. The molecule has 21 heavy (non-hydrogen) atoms. The number of hydrogen-bond acceptors (Lipinski definition) is 4. The minimum absolute atomic E-state index is 0.0665. The van der Waals surface area contributed by atoms with Crippen LogP contribution >= 0.6 is 0 Å². The molecule has 0 aliphatic carbocycles. The van der Waals surface area contributed by atoms with Crippen LogP contribution in [-0.2, 0) is 5.60 Å². The number of benzene rings is 2. The van der Waals surface area contributed by atoms with Gasteiger partial charge in [-0.2, -0.15) is 0 Å². The Hall–Kier alpha value is -2.40. The zero-order valence-corrected chi connectivity index (χ0v) is 11.8. The van der Waals surface area contributed by atoms with Crippen LogP contribution in [0.3, 0.4) is 0 Å². The molecule has 2 rings (SSSR count). The second-order valence-corrected chi connectivity index (χ2v) is 5.12. The van der Waals surface area contributed by atoms with E-state index in [1.165, 1.54) is 12.1 Å². The van der Waals surface area contributed by atoms with Crippen molar-refractivity contribution in [2.24, 2.45) is 0 Å². The van der Waals surface area contributed by atoms with E-state index in [9.17, 15) is 15.2 Å². The van der Waals surface area contributed by atoms with E-state index in [0.29, 0.717) is 13.0 Å². The summed E-state index contributed by atoms with van der Waals surface area (Å²) >= 11 is 0. The topological polar surface area (TPSA) is 75.4 Å². The highest BCUT2D eigenvalue weighted by molar-refractivity contribution is 5.48. The standard InChI is InChI=1S/C16H18N2O3/c1-16(19,13-5-3-2-4-6-13)11-12-17-14-7-9-15(10-8-14)18(20)21/h2-10,17,19H,11-12H2,1H3. The zero-order valence-electron chi connectivity index (χ0n) is 11.8. The third-order valence-corrected chi connectivity index (χ3v) is 3.41. The van der Waals surface area contributed by atoms with Gasteiger partial charge in [0.15, 0.2) is 0 Å². The molecule has 5 nitrogen and oxygen atoms in total. The molecule has 0 aliphatic heterocycles. The molecule has 1 unspecified atom stereocenters. The average Bonchev–Trinajstić information content (AvgIpc) is 2.48. The maximum absolute atomic E-state index is 10.6. The second-order valence-electron chi connectivity index (χ2n) is 5.12. The van der Waals surface area contributed by atoms with Gasteiger partial charge in [-0.1, -0.05) is 30.3 Å². The van der Waals surface area contributed by atoms with Crippen LogP contribution in [0.25, 0.3) is 0 Å². The zero-order chi connectivity index (χ0) is 15.3. The van der Waals surface area contributed by atoms with Crippen molar-refractivity contribution >= 4 is 11.4 Å². The molecule has 0 saturated heterocycles. The Bertz CT molecular complexity index is 595. The summed E-state index contributed by atoms with van der Waals surface area (Å²) in [5.74, 6) is 0. The van der Waals surface area contributed by atoms with Crippen LogP contribution < -0.4 is 5.32 Å². The van der Waals surface area contributed by atoms with Crippen LogP contribution in [0.4, 0.5) is 11.4 Å². The van der Waals surface area contributed by atoms with E-state index in [0.717, 1.165) is 11.3 Å². The quantitative estimate of drug-likeness (QED) is 0.631. The van der Waals surface area contributed by atoms with E-state index in [2.05, 4.69) is 5.32 Å². The molecule has 110 valence electrons. The molecule has 0 radical (unpaired) electrons. The molecule has 0 heterocycles. The van der Waals surface area contributed by atoms with Gasteiger partial charge in [0.05, 0.1) is 10.5 Å². The molecule has 0 bridgehead atoms. The lowest BCUT2D eigenvalue weighted by Gasteiger charge is -2.24. The molecule has 0 saturated carbocycles. The molecule has 0 aromatic heterocycles. The monoisotopic (exact) mass is 286 g/mol. The highest BCUT2D eigenvalue weighted by Crippen LogP contribution is 2.24. The lowest BCUT2D eigenvalue weighted by atomic mass is 9.92. The number of nitro groups is 1. The smallest absolute Gasteiger partial charge is 0.269 e. The van der Waals surface area contributed by atoms with E-state index in [-0.39, 0.29) is 5.69 Å². The molecular weight excluding hydrogens is 268 g/mol. The third kappa shape index (κ3) is 4.03. The van der Waals surface area contributed by atoms with Gasteiger partial charge in [-0.15, -0.1) is 0 Å². The largest absolute Gasteiger partial charge is 0.385 e. The van der Waals surface area contributed by atoms with E-state index < -0.39 is 10.5 Å². The van der Waals surface area contributed by atoms with Gasteiger partial charge < -0.3 is 10.4 Å². The van der Waals surface area contributed by atoms with Gasteiger partial charge in [-0.3, -0.25) is 10.1 Å².